The van der Waals surface area contributed by atoms with Gasteiger partial charge in [-0.1, -0.05) is 13.8 Å². The van der Waals surface area contributed by atoms with E-state index in [0.717, 1.165) is 6.42 Å². The zero-order valence-corrected chi connectivity index (χ0v) is 20.1. The molecule has 0 aromatic carbocycles. The molecule has 0 spiro atoms. The van der Waals surface area contributed by atoms with Crippen molar-refractivity contribution in [3.05, 3.63) is 0 Å². The van der Waals surface area contributed by atoms with Crippen molar-refractivity contribution in [2.75, 3.05) is 46.4 Å². The minimum absolute atomic E-state index is 0. The molecule has 1 rings (SSSR count). The Kier molecular flexibility index (Phi) is 20.5. The monoisotopic (exact) mass is 482 g/mol. The van der Waals surface area contributed by atoms with E-state index in [9.17, 15) is 28.5 Å². The fourth-order valence-corrected chi connectivity index (χ4v) is 2.64. The highest BCUT2D eigenvalue weighted by Crippen LogP contribution is 2.19. The number of hydrogen-bond donors (Lipinski definition) is 6. The van der Waals surface area contributed by atoms with Crippen LogP contribution in [0.4, 0.5) is 0 Å². The average Bonchev–Trinajstić information content (AvgIpc) is 2.68. The summed E-state index contributed by atoms with van der Waals surface area (Å²) in [6.45, 7) is 3.91. The Morgan fingerprint density at radius 1 is 1.20 bits per heavy atom. The lowest BCUT2D eigenvalue weighted by Crippen LogP contribution is -2.62. The summed E-state index contributed by atoms with van der Waals surface area (Å²) < 4.78 is 30.0. The number of carbonyl (C=O) groups is 1. The SMILES string of the molecule is CCC(C)C(=O)OC.CNC1C(O)OC(CO)C(O)C1O.CNCCS(C)(=O)=O.Cl. The Morgan fingerprint density at radius 2 is 1.73 bits per heavy atom. The zero-order valence-electron chi connectivity index (χ0n) is 18.4. The van der Waals surface area contributed by atoms with Gasteiger partial charge in [-0.2, -0.15) is 0 Å². The number of hydrogen-bond acceptors (Lipinski definition) is 11. The number of rotatable bonds is 7. The third-order valence-electron chi connectivity index (χ3n) is 4.17. The third-order valence-corrected chi connectivity index (χ3v) is 5.12. The molecule has 0 aromatic rings. The van der Waals surface area contributed by atoms with Gasteiger partial charge in [-0.25, -0.2) is 8.42 Å². The van der Waals surface area contributed by atoms with Gasteiger partial charge < -0.3 is 40.5 Å². The molecule has 1 aliphatic rings. The molecule has 0 saturated carbocycles. The third kappa shape index (κ3) is 14.4. The number of nitrogens with one attached hydrogen (secondary N) is 2. The Balaban J connectivity index is -0.000000378. The Morgan fingerprint density at radius 3 is 2.00 bits per heavy atom. The Labute approximate surface area is 185 Å². The molecule has 0 aromatic heterocycles. The summed E-state index contributed by atoms with van der Waals surface area (Å²) in [5.74, 6) is 0.163. The van der Waals surface area contributed by atoms with Gasteiger partial charge in [0.05, 0.1) is 31.4 Å². The van der Waals surface area contributed by atoms with Crippen LogP contribution in [0, 0.1) is 5.92 Å². The largest absolute Gasteiger partial charge is 0.469 e. The molecule has 1 heterocycles. The maximum Gasteiger partial charge on any atom is 0.308 e. The Bertz CT molecular complexity index is 539. The molecule has 0 aliphatic carbocycles. The van der Waals surface area contributed by atoms with E-state index in [1.54, 1.807) is 7.05 Å². The highest BCUT2D eigenvalue weighted by molar-refractivity contribution is 7.90. The molecular formula is C17H39ClN2O9S. The number of methoxy groups -OCH3 is 1. The maximum absolute atomic E-state index is 10.5. The van der Waals surface area contributed by atoms with Crippen LogP contribution < -0.4 is 10.6 Å². The number of likely N-dealkylation sites (N-methyl/N-ethyl adjacent to an activating group) is 1. The second kappa shape index (κ2) is 18.0. The highest BCUT2D eigenvalue weighted by Gasteiger charge is 2.42. The fraction of sp³-hybridized carbons (Fsp3) is 0.941. The van der Waals surface area contributed by atoms with E-state index in [4.69, 9.17) is 9.84 Å². The molecule has 6 N–H and O–H groups in total. The number of esters is 1. The standard InChI is InChI=1S/C7H15NO5.C6H12O2.C4H11NO2S.ClH/c1-8-4-6(11)5(10)3(2-9)13-7(4)12;1-4-5(2)6(7)8-3;1-5-3-4-8(2,6)7;/h3-12H,2H2,1H3;5H,4H2,1-3H3;5H,3-4H2,1-2H3;1H. The van der Waals surface area contributed by atoms with Gasteiger partial charge in [0.1, 0.15) is 28.1 Å². The lowest BCUT2D eigenvalue weighted by molar-refractivity contribution is -0.253. The molecule has 1 aliphatic heterocycles. The summed E-state index contributed by atoms with van der Waals surface area (Å²) in [6, 6.07) is -0.738. The molecule has 13 heteroatoms. The van der Waals surface area contributed by atoms with Crippen molar-refractivity contribution in [2.45, 2.75) is 50.9 Å². The van der Waals surface area contributed by atoms with E-state index in [0.29, 0.717) is 6.54 Å². The van der Waals surface area contributed by atoms with Crippen molar-refractivity contribution in [3.8, 4) is 0 Å². The van der Waals surface area contributed by atoms with Gasteiger partial charge >= 0.3 is 5.97 Å². The highest BCUT2D eigenvalue weighted by atomic mass is 35.5. The van der Waals surface area contributed by atoms with E-state index in [1.807, 2.05) is 13.8 Å². The number of halogens is 1. The lowest BCUT2D eigenvalue weighted by Gasteiger charge is -2.39. The molecule has 6 atom stereocenters. The summed E-state index contributed by atoms with van der Waals surface area (Å²) in [7, 11) is 1.92. The van der Waals surface area contributed by atoms with E-state index < -0.39 is 47.1 Å². The smallest absolute Gasteiger partial charge is 0.308 e. The topological polar surface area (TPSA) is 175 Å². The first kappa shape index (κ1) is 34.1. The molecule has 6 unspecified atom stereocenters. The van der Waals surface area contributed by atoms with Gasteiger partial charge in [-0.3, -0.25) is 4.79 Å². The van der Waals surface area contributed by atoms with Crippen LogP contribution in [0.15, 0.2) is 0 Å². The van der Waals surface area contributed by atoms with Crippen molar-refractivity contribution in [2.24, 2.45) is 5.92 Å². The van der Waals surface area contributed by atoms with E-state index in [1.165, 1.54) is 20.4 Å². The molecule has 0 radical (unpaired) electrons. The fourth-order valence-electron chi connectivity index (χ4n) is 2.06. The van der Waals surface area contributed by atoms with E-state index >= 15 is 0 Å². The summed E-state index contributed by atoms with van der Waals surface area (Å²) in [6.07, 6.45) is -2.41. The van der Waals surface area contributed by atoms with E-state index in [-0.39, 0.29) is 30.0 Å². The van der Waals surface area contributed by atoms with Gasteiger partial charge in [0.25, 0.3) is 0 Å². The first-order chi connectivity index (χ1) is 13.4. The second-order valence-electron chi connectivity index (χ2n) is 6.61. The van der Waals surface area contributed by atoms with Crippen LogP contribution in [0.2, 0.25) is 0 Å². The summed E-state index contributed by atoms with van der Waals surface area (Å²) in [4.78, 5) is 10.5. The van der Waals surface area contributed by atoms with Crippen LogP contribution in [0.5, 0.6) is 0 Å². The van der Waals surface area contributed by atoms with Crippen LogP contribution in [-0.4, -0.2) is 112 Å². The Hall–Kier alpha value is -0.570. The van der Waals surface area contributed by atoms with Crippen LogP contribution in [0.3, 0.4) is 0 Å². The van der Waals surface area contributed by atoms with Crippen molar-refractivity contribution in [3.63, 3.8) is 0 Å². The molecule has 1 saturated heterocycles. The lowest BCUT2D eigenvalue weighted by atomic mass is 9.97. The first-order valence-electron chi connectivity index (χ1n) is 9.27. The predicted octanol–water partition coefficient (Wildman–Crippen LogP) is -2.12. The van der Waals surface area contributed by atoms with Crippen LogP contribution in [-0.2, 0) is 24.1 Å². The van der Waals surface area contributed by atoms with Crippen molar-refractivity contribution < 1.29 is 43.1 Å². The first-order valence-corrected chi connectivity index (χ1v) is 11.3. The van der Waals surface area contributed by atoms with Gasteiger partial charge in [-0.15, -0.1) is 12.4 Å². The average molecular weight is 483 g/mol. The van der Waals surface area contributed by atoms with Crippen LogP contribution in [0.25, 0.3) is 0 Å². The molecule has 0 amide bonds. The minimum atomic E-state index is -2.75. The van der Waals surface area contributed by atoms with Crippen molar-refractivity contribution in [1.29, 1.82) is 0 Å². The predicted molar refractivity (Wildman–Crippen MR) is 115 cm³/mol. The van der Waals surface area contributed by atoms with Gasteiger partial charge in [0.15, 0.2) is 6.29 Å². The zero-order chi connectivity index (χ0) is 23.2. The summed E-state index contributed by atoms with van der Waals surface area (Å²) >= 11 is 0. The number of carbonyl (C=O) groups excluding carboxylic acids is 1. The van der Waals surface area contributed by atoms with Crippen molar-refractivity contribution >= 4 is 28.2 Å². The molecule has 0 bridgehead atoms. The second-order valence-corrected chi connectivity index (χ2v) is 8.87. The molecule has 1 fully saturated rings. The van der Waals surface area contributed by atoms with Crippen LogP contribution in [0.1, 0.15) is 20.3 Å². The van der Waals surface area contributed by atoms with Crippen LogP contribution >= 0.6 is 12.4 Å². The van der Waals surface area contributed by atoms with Crippen molar-refractivity contribution in [1.82, 2.24) is 10.6 Å². The normalized spacial score (nSPS) is 26.7. The minimum Gasteiger partial charge on any atom is -0.469 e. The molecule has 11 nitrogen and oxygen atoms in total. The number of ether oxygens (including phenoxy) is 2. The van der Waals surface area contributed by atoms with E-state index in [2.05, 4.69) is 15.4 Å². The number of sulfone groups is 1. The molecule has 30 heavy (non-hydrogen) atoms. The quantitative estimate of drug-likeness (QED) is 0.219. The van der Waals surface area contributed by atoms with Gasteiger partial charge in [0.2, 0.25) is 0 Å². The number of aliphatic hydroxyl groups is 4. The van der Waals surface area contributed by atoms with Gasteiger partial charge in [-0.05, 0) is 20.5 Å². The number of aliphatic hydroxyl groups excluding tert-OH is 4. The molecule has 184 valence electrons. The summed E-state index contributed by atoms with van der Waals surface area (Å²) in [5.41, 5.74) is 0. The molecular weight excluding hydrogens is 444 g/mol. The maximum atomic E-state index is 10.5. The summed E-state index contributed by atoms with van der Waals surface area (Å²) in [5, 5.41) is 42.2. The van der Waals surface area contributed by atoms with Gasteiger partial charge in [0, 0.05) is 12.8 Å².